The molecular weight excluding hydrogens is 256 g/mol. The average Bonchev–Trinajstić information content (AvgIpc) is 2.48. The number of nitrogens with two attached hydrogens (primary N) is 1. The monoisotopic (exact) mass is 278 g/mol. The Kier molecular flexibility index (Phi) is 4.89. The first-order chi connectivity index (χ1) is 9.60. The number of nitrogens with one attached hydrogen (secondary N) is 2. The topological polar surface area (TPSA) is 86.5 Å². The highest BCUT2D eigenvalue weighted by Crippen LogP contribution is 2.06. The summed E-state index contributed by atoms with van der Waals surface area (Å²) in [6, 6.07) is 3.72. The largest absolute Gasteiger partial charge is 0.350 e. The number of carbonyl (C=O) groups excluding carboxylic acids is 1. The van der Waals surface area contributed by atoms with Crippen molar-refractivity contribution in [3.05, 3.63) is 23.9 Å². The summed E-state index contributed by atoms with van der Waals surface area (Å²) in [5.74, 6) is 5.67. The van der Waals surface area contributed by atoms with Gasteiger partial charge in [0.2, 0.25) is 0 Å². The van der Waals surface area contributed by atoms with E-state index < -0.39 is 0 Å². The Morgan fingerprint density at radius 1 is 1.45 bits per heavy atom. The van der Waals surface area contributed by atoms with Gasteiger partial charge in [0.15, 0.2) is 0 Å². The molecule has 0 saturated carbocycles. The number of anilines is 1. The molecule has 1 aromatic heterocycles. The predicted octanol–water partition coefficient (Wildman–Crippen LogP) is -0.657. The lowest BCUT2D eigenvalue weighted by atomic mass is 10.2. The Hall–Kier alpha value is -1.70. The van der Waals surface area contributed by atoms with Gasteiger partial charge in [-0.3, -0.25) is 9.69 Å². The lowest BCUT2D eigenvalue weighted by molar-refractivity contribution is 0.0881. The number of hydrazine groups is 1. The van der Waals surface area contributed by atoms with Gasteiger partial charge in [-0.15, -0.1) is 0 Å². The van der Waals surface area contributed by atoms with Crippen LogP contribution in [-0.4, -0.2) is 67.0 Å². The number of hydrogen-bond acceptors (Lipinski definition) is 6. The first-order valence-corrected chi connectivity index (χ1v) is 6.70. The number of likely N-dealkylation sites (N-methyl/N-ethyl adjacent to an activating group) is 2. The van der Waals surface area contributed by atoms with E-state index in [2.05, 4.69) is 39.6 Å². The maximum absolute atomic E-state index is 12.0. The molecule has 2 rings (SSSR count). The van der Waals surface area contributed by atoms with Crippen molar-refractivity contribution in [1.82, 2.24) is 20.1 Å². The normalized spacial score (nSPS) is 20.6. The second kappa shape index (κ2) is 6.65. The van der Waals surface area contributed by atoms with Gasteiger partial charge in [0, 0.05) is 38.4 Å². The van der Waals surface area contributed by atoms with Crippen molar-refractivity contribution >= 4 is 11.7 Å². The quantitative estimate of drug-likeness (QED) is 0.501. The summed E-state index contributed by atoms with van der Waals surface area (Å²) < 4.78 is 0. The van der Waals surface area contributed by atoms with Crippen molar-refractivity contribution in [3.8, 4) is 0 Å². The summed E-state index contributed by atoms with van der Waals surface area (Å²) in [5, 5.41) is 2.96. The van der Waals surface area contributed by atoms with Crippen LogP contribution in [0.4, 0.5) is 5.82 Å². The van der Waals surface area contributed by atoms with Gasteiger partial charge in [-0.25, -0.2) is 10.8 Å². The standard InChI is InChI=1S/C13H22N6O/c1-18-5-6-19(2)11(9-18)8-16-13(20)10-3-4-12(17-14)15-7-10/h3-4,7,11H,5-6,8-9,14H2,1-2H3,(H,15,17)(H,16,20). The highest BCUT2D eigenvalue weighted by atomic mass is 16.1. The molecule has 4 N–H and O–H groups in total. The van der Waals surface area contributed by atoms with Crippen LogP contribution in [0, 0.1) is 0 Å². The predicted molar refractivity (Wildman–Crippen MR) is 78.3 cm³/mol. The van der Waals surface area contributed by atoms with E-state index >= 15 is 0 Å². The van der Waals surface area contributed by atoms with Gasteiger partial charge < -0.3 is 15.6 Å². The Balaban J connectivity index is 1.87. The fourth-order valence-electron chi connectivity index (χ4n) is 2.25. The van der Waals surface area contributed by atoms with Crippen LogP contribution in [0.3, 0.4) is 0 Å². The molecule has 1 saturated heterocycles. The average molecular weight is 278 g/mol. The summed E-state index contributed by atoms with van der Waals surface area (Å²) in [7, 11) is 4.19. The van der Waals surface area contributed by atoms with Crippen LogP contribution in [-0.2, 0) is 0 Å². The van der Waals surface area contributed by atoms with Gasteiger partial charge in [0.25, 0.3) is 5.91 Å². The van der Waals surface area contributed by atoms with E-state index in [1.807, 2.05) is 0 Å². The fourth-order valence-corrected chi connectivity index (χ4v) is 2.25. The van der Waals surface area contributed by atoms with Gasteiger partial charge in [0.1, 0.15) is 5.82 Å². The van der Waals surface area contributed by atoms with Crippen LogP contribution in [0.25, 0.3) is 0 Å². The van der Waals surface area contributed by atoms with Crippen molar-refractivity contribution in [3.63, 3.8) is 0 Å². The minimum absolute atomic E-state index is 0.109. The van der Waals surface area contributed by atoms with Gasteiger partial charge in [-0.05, 0) is 26.2 Å². The number of aromatic nitrogens is 1. The molecule has 0 bridgehead atoms. The third-order valence-corrected chi connectivity index (χ3v) is 3.65. The zero-order chi connectivity index (χ0) is 14.5. The molecule has 0 spiro atoms. The second-order valence-electron chi connectivity index (χ2n) is 5.18. The number of nitrogen functional groups attached to an aromatic ring is 1. The number of hydrogen-bond donors (Lipinski definition) is 3. The lowest BCUT2D eigenvalue weighted by Crippen LogP contribution is -2.54. The summed E-state index contributed by atoms with van der Waals surface area (Å²) in [6.07, 6.45) is 1.52. The molecule has 7 heteroatoms. The van der Waals surface area contributed by atoms with Gasteiger partial charge >= 0.3 is 0 Å². The van der Waals surface area contributed by atoms with E-state index in [4.69, 9.17) is 5.84 Å². The summed E-state index contributed by atoms with van der Waals surface area (Å²) in [4.78, 5) is 20.6. The highest BCUT2D eigenvalue weighted by Gasteiger charge is 2.22. The molecule has 1 amide bonds. The first kappa shape index (κ1) is 14.7. The minimum atomic E-state index is -0.109. The summed E-state index contributed by atoms with van der Waals surface area (Å²) in [6.45, 7) is 3.69. The number of piperazine rings is 1. The van der Waals surface area contributed by atoms with E-state index in [1.54, 1.807) is 12.1 Å². The molecule has 110 valence electrons. The zero-order valence-corrected chi connectivity index (χ0v) is 12.0. The summed E-state index contributed by atoms with van der Waals surface area (Å²) >= 11 is 0. The minimum Gasteiger partial charge on any atom is -0.350 e. The van der Waals surface area contributed by atoms with Crippen LogP contribution >= 0.6 is 0 Å². The molecule has 1 aliphatic rings. The maximum Gasteiger partial charge on any atom is 0.252 e. The third kappa shape index (κ3) is 3.66. The van der Waals surface area contributed by atoms with Gasteiger partial charge in [0.05, 0.1) is 5.56 Å². The highest BCUT2D eigenvalue weighted by molar-refractivity contribution is 5.94. The number of amides is 1. The van der Waals surface area contributed by atoms with Crippen molar-refractivity contribution in [2.45, 2.75) is 6.04 Å². The molecule has 0 radical (unpaired) electrons. The van der Waals surface area contributed by atoms with E-state index in [1.165, 1.54) is 6.20 Å². The smallest absolute Gasteiger partial charge is 0.252 e. The number of pyridine rings is 1. The SMILES string of the molecule is CN1CCN(C)C(CNC(=O)c2ccc(NN)nc2)C1. The molecule has 20 heavy (non-hydrogen) atoms. The van der Waals surface area contributed by atoms with Crippen LogP contribution < -0.4 is 16.6 Å². The van der Waals surface area contributed by atoms with Crippen molar-refractivity contribution in [2.24, 2.45) is 5.84 Å². The van der Waals surface area contributed by atoms with Crippen LogP contribution in [0.1, 0.15) is 10.4 Å². The van der Waals surface area contributed by atoms with E-state index in [0.29, 0.717) is 24.0 Å². The molecule has 1 aliphatic heterocycles. The van der Waals surface area contributed by atoms with Gasteiger partial charge in [-0.2, -0.15) is 0 Å². The third-order valence-electron chi connectivity index (χ3n) is 3.65. The van der Waals surface area contributed by atoms with E-state index in [-0.39, 0.29) is 5.91 Å². The van der Waals surface area contributed by atoms with E-state index in [0.717, 1.165) is 19.6 Å². The molecule has 1 aromatic rings. The molecule has 1 fully saturated rings. The Labute approximate surface area is 119 Å². The van der Waals surface area contributed by atoms with E-state index in [9.17, 15) is 4.79 Å². The number of carbonyl (C=O) groups is 1. The Morgan fingerprint density at radius 3 is 2.90 bits per heavy atom. The molecule has 1 atom stereocenters. The number of rotatable bonds is 4. The number of nitrogens with zero attached hydrogens (tertiary/aromatic N) is 3. The van der Waals surface area contributed by atoms with Crippen LogP contribution in [0.2, 0.25) is 0 Å². The Morgan fingerprint density at radius 2 is 2.25 bits per heavy atom. The van der Waals surface area contributed by atoms with Crippen molar-refractivity contribution in [2.75, 3.05) is 45.7 Å². The molecule has 0 aliphatic carbocycles. The van der Waals surface area contributed by atoms with Crippen molar-refractivity contribution in [1.29, 1.82) is 0 Å². The van der Waals surface area contributed by atoms with Gasteiger partial charge in [-0.1, -0.05) is 0 Å². The van der Waals surface area contributed by atoms with Crippen LogP contribution in [0.15, 0.2) is 18.3 Å². The Bertz CT molecular complexity index is 449. The maximum atomic E-state index is 12.0. The van der Waals surface area contributed by atoms with Crippen molar-refractivity contribution < 1.29 is 4.79 Å². The molecule has 1 unspecified atom stereocenters. The molecule has 2 heterocycles. The molecule has 0 aromatic carbocycles. The molecule has 7 nitrogen and oxygen atoms in total. The summed E-state index contributed by atoms with van der Waals surface area (Å²) in [5.41, 5.74) is 2.97. The lowest BCUT2D eigenvalue weighted by Gasteiger charge is -2.37. The second-order valence-corrected chi connectivity index (χ2v) is 5.18. The zero-order valence-electron chi connectivity index (χ0n) is 12.0. The van der Waals surface area contributed by atoms with Crippen LogP contribution in [0.5, 0.6) is 0 Å². The first-order valence-electron chi connectivity index (χ1n) is 6.70. The fraction of sp³-hybridized carbons (Fsp3) is 0.538. The molecular formula is C13H22N6O.